The first-order valence-corrected chi connectivity index (χ1v) is 6.73. The number of phenolic OH excluding ortho intramolecular Hbond substituents is 1. The number of H-pyrrole nitrogens is 1. The van der Waals surface area contributed by atoms with Crippen molar-refractivity contribution in [2.75, 3.05) is 5.43 Å². The van der Waals surface area contributed by atoms with Crippen LogP contribution in [0.3, 0.4) is 0 Å². The highest BCUT2D eigenvalue weighted by Gasteiger charge is 2.01. The van der Waals surface area contributed by atoms with Crippen molar-refractivity contribution in [3.05, 3.63) is 52.5 Å². The van der Waals surface area contributed by atoms with Crippen LogP contribution in [0.1, 0.15) is 11.1 Å². The molecule has 1 aromatic heterocycles. The van der Waals surface area contributed by atoms with E-state index in [0.717, 1.165) is 16.6 Å². The number of aryl methyl sites for hydroxylation is 1. The van der Waals surface area contributed by atoms with Gasteiger partial charge in [-0.3, -0.25) is 0 Å². The summed E-state index contributed by atoms with van der Waals surface area (Å²) < 4.78 is 0. The number of benzene rings is 2. The Hall–Kier alpha value is -2.53. The number of hydrogen-bond acceptors (Lipinski definition) is 4. The van der Waals surface area contributed by atoms with E-state index in [1.807, 2.05) is 25.1 Å². The van der Waals surface area contributed by atoms with Gasteiger partial charge in [-0.25, -0.2) is 10.4 Å². The lowest BCUT2D eigenvalue weighted by molar-refractivity contribution is 0.475. The maximum Gasteiger partial charge on any atom is 0.222 e. The van der Waals surface area contributed by atoms with E-state index < -0.39 is 0 Å². The second-order valence-electron chi connectivity index (χ2n) is 4.69. The third-order valence-electron chi connectivity index (χ3n) is 2.99. The first-order valence-electron chi connectivity index (χ1n) is 6.36. The Bertz CT molecular complexity index is 826. The highest BCUT2D eigenvalue weighted by Crippen LogP contribution is 2.22. The predicted molar refractivity (Wildman–Crippen MR) is 85.2 cm³/mol. The largest absolute Gasteiger partial charge is 0.506 e. The molecule has 0 bridgehead atoms. The number of nitrogens with one attached hydrogen (secondary N) is 2. The third kappa shape index (κ3) is 2.98. The molecule has 0 radical (unpaired) electrons. The molecular formula is C15H13ClN4O. The number of rotatable bonds is 3. The van der Waals surface area contributed by atoms with Gasteiger partial charge >= 0.3 is 0 Å². The molecule has 0 saturated heterocycles. The van der Waals surface area contributed by atoms with Gasteiger partial charge in [-0.2, -0.15) is 5.10 Å². The lowest BCUT2D eigenvalue weighted by Crippen LogP contribution is -1.92. The summed E-state index contributed by atoms with van der Waals surface area (Å²) in [7, 11) is 0. The van der Waals surface area contributed by atoms with Crippen molar-refractivity contribution in [2.24, 2.45) is 5.10 Å². The SMILES string of the molecule is Cc1ccc2nc(N/N=C\c3ccc(O)c(Cl)c3)[nH]c2c1. The van der Waals surface area contributed by atoms with Crippen molar-refractivity contribution in [3.63, 3.8) is 0 Å². The van der Waals surface area contributed by atoms with Gasteiger partial charge in [-0.15, -0.1) is 0 Å². The number of anilines is 1. The number of fused-ring (bicyclic) bond motifs is 1. The fraction of sp³-hybridized carbons (Fsp3) is 0.0667. The summed E-state index contributed by atoms with van der Waals surface area (Å²) in [6.45, 7) is 2.03. The van der Waals surface area contributed by atoms with Crippen LogP contribution in [0.15, 0.2) is 41.5 Å². The van der Waals surface area contributed by atoms with Gasteiger partial charge in [0.1, 0.15) is 5.75 Å². The molecule has 0 unspecified atom stereocenters. The number of aromatic nitrogens is 2. The fourth-order valence-corrected chi connectivity index (χ4v) is 2.14. The minimum atomic E-state index is 0.0504. The molecule has 0 aliphatic heterocycles. The Kier molecular flexibility index (Phi) is 3.50. The van der Waals surface area contributed by atoms with Crippen LogP contribution in [-0.2, 0) is 0 Å². The Morgan fingerprint density at radius 3 is 2.95 bits per heavy atom. The number of hydrogen-bond donors (Lipinski definition) is 3. The molecule has 0 fully saturated rings. The van der Waals surface area contributed by atoms with E-state index in [-0.39, 0.29) is 10.8 Å². The average Bonchev–Trinajstić information content (AvgIpc) is 2.84. The van der Waals surface area contributed by atoms with Crippen molar-refractivity contribution in [2.45, 2.75) is 6.92 Å². The molecule has 3 aromatic rings. The first-order chi connectivity index (χ1) is 10.1. The van der Waals surface area contributed by atoms with Crippen LogP contribution in [0, 0.1) is 6.92 Å². The Morgan fingerprint density at radius 2 is 2.14 bits per heavy atom. The summed E-state index contributed by atoms with van der Waals surface area (Å²) in [4.78, 5) is 7.51. The molecule has 1 heterocycles. The zero-order valence-corrected chi connectivity index (χ0v) is 12.0. The maximum absolute atomic E-state index is 9.34. The van der Waals surface area contributed by atoms with Crippen molar-refractivity contribution >= 4 is 34.8 Å². The van der Waals surface area contributed by atoms with Crippen LogP contribution in [0.5, 0.6) is 5.75 Å². The van der Waals surface area contributed by atoms with E-state index in [2.05, 4.69) is 20.5 Å². The third-order valence-corrected chi connectivity index (χ3v) is 3.30. The molecule has 0 aliphatic rings. The Labute approximate surface area is 126 Å². The van der Waals surface area contributed by atoms with Gasteiger partial charge in [-0.1, -0.05) is 17.7 Å². The zero-order valence-electron chi connectivity index (χ0n) is 11.3. The molecular weight excluding hydrogens is 288 g/mol. The van der Waals surface area contributed by atoms with Crippen molar-refractivity contribution in [1.29, 1.82) is 0 Å². The molecule has 2 aromatic carbocycles. The van der Waals surface area contributed by atoms with Gasteiger partial charge in [0.2, 0.25) is 5.95 Å². The minimum Gasteiger partial charge on any atom is -0.506 e. The van der Waals surface area contributed by atoms with E-state index in [0.29, 0.717) is 5.95 Å². The van der Waals surface area contributed by atoms with Gasteiger partial charge in [0.15, 0.2) is 0 Å². The van der Waals surface area contributed by atoms with Crippen LogP contribution >= 0.6 is 11.6 Å². The van der Waals surface area contributed by atoms with E-state index in [1.165, 1.54) is 11.6 Å². The molecule has 3 N–H and O–H groups in total. The number of aromatic amines is 1. The summed E-state index contributed by atoms with van der Waals surface area (Å²) >= 11 is 5.83. The number of imidazole rings is 1. The number of hydrazone groups is 1. The molecule has 106 valence electrons. The summed E-state index contributed by atoms with van der Waals surface area (Å²) in [5.41, 5.74) is 6.61. The van der Waals surface area contributed by atoms with Gasteiger partial charge < -0.3 is 10.1 Å². The molecule has 0 spiro atoms. The molecule has 3 rings (SSSR count). The van der Waals surface area contributed by atoms with Crippen molar-refractivity contribution < 1.29 is 5.11 Å². The molecule has 21 heavy (non-hydrogen) atoms. The quantitative estimate of drug-likeness (QED) is 0.510. The van der Waals surface area contributed by atoms with E-state index >= 15 is 0 Å². The second-order valence-corrected chi connectivity index (χ2v) is 5.09. The molecule has 0 saturated carbocycles. The zero-order chi connectivity index (χ0) is 14.8. The first kappa shape index (κ1) is 13.5. The summed E-state index contributed by atoms with van der Waals surface area (Å²) in [6.07, 6.45) is 1.60. The number of halogens is 1. The van der Waals surface area contributed by atoms with Crippen molar-refractivity contribution in [3.8, 4) is 5.75 Å². The Balaban J connectivity index is 1.76. The maximum atomic E-state index is 9.34. The van der Waals surface area contributed by atoms with Gasteiger partial charge in [-0.05, 0) is 48.4 Å². The van der Waals surface area contributed by atoms with Crippen LogP contribution in [0.4, 0.5) is 5.95 Å². The fourth-order valence-electron chi connectivity index (χ4n) is 1.95. The topological polar surface area (TPSA) is 73.3 Å². The summed E-state index contributed by atoms with van der Waals surface area (Å²) in [5.74, 6) is 0.617. The number of phenols is 1. The smallest absolute Gasteiger partial charge is 0.222 e. The van der Waals surface area contributed by atoms with E-state index in [1.54, 1.807) is 18.3 Å². The highest BCUT2D eigenvalue weighted by atomic mass is 35.5. The normalized spacial score (nSPS) is 11.3. The number of nitrogens with zero attached hydrogens (tertiary/aromatic N) is 2. The average molecular weight is 301 g/mol. The summed E-state index contributed by atoms with van der Waals surface area (Å²) in [5, 5.41) is 13.7. The van der Waals surface area contributed by atoms with E-state index in [9.17, 15) is 5.11 Å². The van der Waals surface area contributed by atoms with Gasteiger partial charge in [0.25, 0.3) is 0 Å². The minimum absolute atomic E-state index is 0.0504. The molecule has 0 aliphatic carbocycles. The molecule has 6 heteroatoms. The standard InChI is InChI=1S/C15H13ClN4O/c1-9-2-4-12-13(6-9)19-15(18-12)20-17-8-10-3-5-14(21)11(16)7-10/h2-8,21H,1H3,(H2,18,19,20)/b17-8-. The lowest BCUT2D eigenvalue weighted by atomic mass is 10.2. The molecule has 5 nitrogen and oxygen atoms in total. The molecule has 0 amide bonds. The summed E-state index contributed by atoms with van der Waals surface area (Å²) in [6, 6.07) is 10.9. The van der Waals surface area contributed by atoms with Gasteiger partial charge in [0, 0.05) is 0 Å². The molecule has 0 atom stereocenters. The van der Waals surface area contributed by atoms with Crippen LogP contribution < -0.4 is 5.43 Å². The highest BCUT2D eigenvalue weighted by molar-refractivity contribution is 6.32. The van der Waals surface area contributed by atoms with Crippen LogP contribution in [0.2, 0.25) is 5.02 Å². The monoisotopic (exact) mass is 300 g/mol. The van der Waals surface area contributed by atoms with Crippen molar-refractivity contribution in [1.82, 2.24) is 9.97 Å². The number of aromatic hydroxyl groups is 1. The van der Waals surface area contributed by atoms with Crippen LogP contribution in [-0.4, -0.2) is 21.3 Å². The predicted octanol–water partition coefficient (Wildman–Crippen LogP) is 3.68. The second kappa shape index (κ2) is 5.46. The van der Waals surface area contributed by atoms with Crippen LogP contribution in [0.25, 0.3) is 11.0 Å². The van der Waals surface area contributed by atoms with E-state index in [4.69, 9.17) is 11.6 Å². The Morgan fingerprint density at radius 1 is 1.29 bits per heavy atom. The van der Waals surface area contributed by atoms with Gasteiger partial charge in [0.05, 0.1) is 22.3 Å². The lowest BCUT2D eigenvalue weighted by Gasteiger charge is -1.98.